The number of Topliss-reactive ketones (excluding diaryl/α,β-unsaturated/α-hetero) is 1. The summed E-state index contributed by atoms with van der Waals surface area (Å²) in [5.74, 6) is -0.0195. The van der Waals surface area contributed by atoms with Gasteiger partial charge in [0.1, 0.15) is 11.4 Å². The van der Waals surface area contributed by atoms with E-state index in [0.717, 1.165) is 0 Å². The Morgan fingerprint density at radius 2 is 2.33 bits per heavy atom. The Morgan fingerprint density at radius 1 is 1.60 bits per heavy atom. The van der Waals surface area contributed by atoms with Crippen LogP contribution in [-0.2, 0) is 11.3 Å². The maximum absolute atomic E-state index is 11.4. The van der Waals surface area contributed by atoms with Gasteiger partial charge in [0.2, 0.25) is 0 Å². The van der Waals surface area contributed by atoms with Crippen LogP contribution in [0.2, 0.25) is 0 Å². The Hall–Kier alpha value is -1.76. The lowest BCUT2D eigenvalue weighted by molar-refractivity contribution is -0.117. The third-order valence-corrected chi connectivity index (χ3v) is 2.11. The highest BCUT2D eigenvalue weighted by atomic mass is 32.1. The summed E-state index contributed by atoms with van der Waals surface area (Å²) in [5, 5.41) is 0. The first-order chi connectivity index (χ1) is 7.08. The van der Waals surface area contributed by atoms with Crippen LogP contribution in [0.1, 0.15) is 6.92 Å². The van der Waals surface area contributed by atoms with Gasteiger partial charge in [0, 0.05) is 0 Å². The van der Waals surface area contributed by atoms with E-state index in [0.29, 0.717) is 5.65 Å². The third kappa shape index (κ3) is 1.73. The van der Waals surface area contributed by atoms with E-state index in [2.05, 4.69) is 15.0 Å². The number of imidazole rings is 1. The fourth-order valence-electron chi connectivity index (χ4n) is 1.34. The van der Waals surface area contributed by atoms with E-state index in [9.17, 15) is 9.59 Å². The highest BCUT2D eigenvalue weighted by Gasteiger charge is 2.07. The van der Waals surface area contributed by atoms with Crippen molar-refractivity contribution in [1.82, 2.24) is 19.5 Å². The number of ketones is 1. The highest BCUT2D eigenvalue weighted by molar-refractivity contribution is 7.71. The lowest BCUT2D eigenvalue weighted by Crippen LogP contribution is -2.10. The Morgan fingerprint density at radius 3 is 3.00 bits per heavy atom. The normalized spacial score (nSPS) is 10.7. The monoisotopic (exact) mass is 224 g/mol. The fourth-order valence-corrected chi connectivity index (χ4v) is 1.53. The minimum atomic E-state index is -0.351. The molecule has 6 nitrogen and oxygen atoms in total. The maximum Gasteiger partial charge on any atom is 0.279 e. The van der Waals surface area contributed by atoms with Crippen molar-refractivity contribution < 1.29 is 4.79 Å². The second-order valence-electron chi connectivity index (χ2n) is 3.18. The summed E-state index contributed by atoms with van der Waals surface area (Å²) in [7, 11) is 0. The summed E-state index contributed by atoms with van der Waals surface area (Å²) in [4.78, 5) is 31.5. The van der Waals surface area contributed by atoms with Crippen LogP contribution in [0, 0.1) is 4.77 Å². The van der Waals surface area contributed by atoms with Gasteiger partial charge in [-0.15, -0.1) is 0 Å². The molecule has 2 rings (SSSR count). The average Bonchev–Trinajstić information content (AvgIpc) is 2.48. The predicted octanol–water partition coefficient (Wildman–Crippen LogP) is 0.371. The molecule has 0 spiro atoms. The summed E-state index contributed by atoms with van der Waals surface area (Å²) in [6, 6.07) is 0. The summed E-state index contributed by atoms with van der Waals surface area (Å²) in [6.07, 6.45) is 1.44. The molecule has 0 saturated carbocycles. The van der Waals surface area contributed by atoms with E-state index >= 15 is 0 Å². The molecular weight excluding hydrogens is 216 g/mol. The number of rotatable bonds is 2. The van der Waals surface area contributed by atoms with Gasteiger partial charge in [-0.1, -0.05) is 0 Å². The number of nitrogens with one attached hydrogen (secondary N) is 2. The number of hydrogen-bond donors (Lipinski definition) is 2. The maximum atomic E-state index is 11.4. The first kappa shape index (κ1) is 9.78. The summed E-state index contributed by atoms with van der Waals surface area (Å²) < 4.78 is 1.78. The van der Waals surface area contributed by atoms with Gasteiger partial charge in [-0.05, 0) is 19.1 Å². The van der Waals surface area contributed by atoms with Crippen molar-refractivity contribution in [3.8, 4) is 0 Å². The zero-order valence-corrected chi connectivity index (χ0v) is 8.72. The smallest absolute Gasteiger partial charge is 0.279 e. The molecule has 0 amide bonds. The van der Waals surface area contributed by atoms with Crippen molar-refractivity contribution in [3.05, 3.63) is 21.5 Å². The van der Waals surface area contributed by atoms with E-state index in [1.54, 1.807) is 4.57 Å². The standard InChI is InChI=1S/C8H8N4O2S/c1-4(13)2-12-3-9-5-6(12)10-8(15)11-7(5)14/h3H,2H2,1H3,(H2,10,11,14,15). The van der Waals surface area contributed by atoms with Crippen LogP contribution in [0.25, 0.3) is 11.2 Å². The third-order valence-electron chi connectivity index (χ3n) is 1.90. The Bertz CT molecular complexity index is 636. The molecule has 0 aliphatic heterocycles. The topological polar surface area (TPSA) is 83.5 Å². The van der Waals surface area contributed by atoms with E-state index in [-0.39, 0.29) is 28.2 Å². The van der Waals surface area contributed by atoms with Crippen LogP contribution in [0.5, 0.6) is 0 Å². The molecule has 2 aromatic rings. The molecule has 2 heterocycles. The predicted molar refractivity (Wildman–Crippen MR) is 56.2 cm³/mol. The second-order valence-corrected chi connectivity index (χ2v) is 3.59. The Kier molecular flexibility index (Phi) is 2.24. The van der Waals surface area contributed by atoms with Crippen molar-refractivity contribution in [1.29, 1.82) is 0 Å². The molecule has 0 aliphatic rings. The molecule has 7 heteroatoms. The number of aromatic nitrogens is 4. The summed E-state index contributed by atoms with van der Waals surface area (Å²) in [6.45, 7) is 1.64. The number of nitrogens with zero attached hydrogens (tertiary/aromatic N) is 2. The zero-order valence-electron chi connectivity index (χ0n) is 7.90. The molecule has 0 atom stereocenters. The van der Waals surface area contributed by atoms with Crippen LogP contribution in [-0.4, -0.2) is 25.3 Å². The molecule has 0 radical (unpaired) electrons. The number of fused-ring (bicyclic) bond motifs is 1. The van der Waals surface area contributed by atoms with Gasteiger partial charge in [-0.2, -0.15) is 0 Å². The quantitative estimate of drug-likeness (QED) is 0.722. The van der Waals surface area contributed by atoms with E-state index in [4.69, 9.17) is 12.2 Å². The molecule has 0 bridgehead atoms. The molecule has 0 aliphatic carbocycles. The van der Waals surface area contributed by atoms with Gasteiger partial charge in [-0.3, -0.25) is 14.6 Å². The molecule has 0 unspecified atom stereocenters. The van der Waals surface area contributed by atoms with Crippen LogP contribution in [0.4, 0.5) is 0 Å². The fraction of sp³-hybridized carbons (Fsp3) is 0.250. The van der Waals surface area contributed by atoms with Crippen LogP contribution in [0.3, 0.4) is 0 Å². The lowest BCUT2D eigenvalue weighted by Gasteiger charge is -1.99. The number of hydrogen-bond acceptors (Lipinski definition) is 4. The van der Waals surface area contributed by atoms with E-state index < -0.39 is 0 Å². The zero-order chi connectivity index (χ0) is 11.0. The van der Waals surface area contributed by atoms with Crippen molar-refractivity contribution in [2.24, 2.45) is 0 Å². The molecular formula is C8H8N4O2S. The van der Waals surface area contributed by atoms with Gasteiger partial charge in [-0.25, -0.2) is 4.98 Å². The van der Waals surface area contributed by atoms with E-state index in [1.165, 1.54) is 13.3 Å². The molecule has 78 valence electrons. The second kappa shape index (κ2) is 3.43. The highest BCUT2D eigenvalue weighted by Crippen LogP contribution is 2.03. The average molecular weight is 224 g/mol. The van der Waals surface area contributed by atoms with E-state index in [1.807, 2.05) is 0 Å². The van der Waals surface area contributed by atoms with Gasteiger partial charge >= 0.3 is 0 Å². The van der Waals surface area contributed by atoms with Crippen molar-refractivity contribution in [3.63, 3.8) is 0 Å². The first-order valence-corrected chi connectivity index (χ1v) is 4.65. The summed E-state index contributed by atoms with van der Waals surface area (Å²) in [5.41, 5.74) is 0.375. The van der Waals surface area contributed by atoms with Crippen molar-refractivity contribution in [2.45, 2.75) is 13.5 Å². The van der Waals surface area contributed by atoms with Crippen LogP contribution in [0.15, 0.2) is 11.1 Å². The number of carbonyl (C=O) groups excluding carboxylic acids is 1. The molecule has 15 heavy (non-hydrogen) atoms. The summed E-state index contributed by atoms with van der Waals surface area (Å²) >= 11 is 4.83. The molecule has 2 N–H and O–H groups in total. The molecule has 0 fully saturated rings. The SMILES string of the molecule is CC(=O)Cn1cnc2c(=O)[nH]c(=S)[nH]c21. The van der Waals surface area contributed by atoms with Crippen LogP contribution < -0.4 is 5.56 Å². The Balaban J connectivity index is 2.74. The van der Waals surface area contributed by atoms with Gasteiger partial charge < -0.3 is 9.55 Å². The van der Waals surface area contributed by atoms with Crippen molar-refractivity contribution in [2.75, 3.05) is 0 Å². The molecule has 2 aromatic heterocycles. The number of H-pyrrole nitrogens is 2. The van der Waals surface area contributed by atoms with Gasteiger partial charge in [0.15, 0.2) is 10.3 Å². The molecule has 0 aromatic carbocycles. The largest absolute Gasteiger partial charge is 0.316 e. The van der Waals surface area contributed by atoms with Gasteiger partial charge in [0.25, 0.3) is 5.56 Å². The molecule has 0 saturated heterocycles. The van der Waals surface area contributed by atoms with Crippen LogP contribution >= 0.6 is 12.2 Å². The number of carbonyl (C=O) groups is 1. The first-order valence-electron chi connectivity index (χ1n) is 4.25. The number of aromatic amines is 2. The minimum Gasteiger partial charge on any atom is -0.316 e. The lowest BCUT2D eigenvalue weighted by atomic mass is 10.4. The minimum absolute atomic E-state index is 0.0195. The van der Waals surface area contributed by atoms with Crippen molar-refractivity contribution >= 4 is 29.2 Å². The Labute approximate surface area is 89.0 Å². The van der Waals surface area contributed by atoms with Gasteiger partial charge in [0.05, 0.1) is 12.9 Å².